The minimum absolute atomic E-state index is 0.106. The highest BCUT2D eigenvalue weighted by Crippen LogP contribution is 2.20. The topological polar surface area (TPSA) is 92.5 Å². The number of sulfonamides is 1. The Labute approximate surface area is 129 Å². The number of amides is 1. The van der Waals surface area contributed by atoms with Gasteiger partial charge in [0.1, 0.15) is 11.3 Å². The van der Waals surface area contributed by atoms with E-state index in [1.807, 2.05) is 0 Å². The molecule has 22 heavy (non-hydrogen) atoms. The first kappa shape index (κ1) is 16.2. The van der Waals surface area contributed by atoms with Gasteiger partial charge in [-0.2, -0.15) is 0 Å². The first-order valence-electron chi connectivity index (χ1n) is 6.50. The van der Waals surface area contributed by atoms with Gasteiger partial charge in [0.05, 0.1) is 10.6 Å². The molecule has 1 N–H and O–H groups in total. The van der Waals surface area contributed by atoms with Crippen LogP contribution in [0.25, 0.3) is 0 Å². The molecule has 118 valence electrons. The number of aryl methyl sites for hydroxylation is 2. The van der Waals surface area contributed by atoms with Gasteiger partial charge in [0.15, 0.2) is 0 Å². The lowest BCUT2D eigenvalue weighted by molar-refractivity contribution is 0.102. The smallest absolute Gasteiger partial charge is 0.261 e. The van der Waals surface area contributed by atoms with E-state index in [1.165, 1.54) is 26.2 Å². The van der Waals surface area contributed by atoms with E-state index < -0.39 is 15.9 Å². The number of rotatable bonds is 4. The number of nitrogens with one attached hydrogen (secondary N) is 1. The molecule has 1 heterocycles. The lowest BCUT2D eigenvalue weighted by Gasteiger charge is -2.12. The van der Waals surface area contributed by atoms with Crippen molar-refractivity contribution in [3.8, 4) is 0 Å². The molecule has 0 unspecified atom stereocenters. The highest BCUT2D eigenvalue weighted by Gasteiger charge is 2.20. The molecular weight excluding hydrogens is 306 g/mol. The van der Waals surface area contributed by atoms with Crippen molar-refractivity contribution >= 4 is 21.6 Å². The van der Waals surface area contributed by atoms with Crippen molar-refractivity contribution in [2.45, 2.75) is 18.7 Å². The van der Waals surface area contributed by atoms with Gasteiger partial charge in [-0.1, -0.05) is 11.2 Å². The zero-order valence-corrected chi connectivity index (χ0v) is 13.6. The fourth-order valence-electron chi connectivity index (χ4n) is 1.95. The predicted octanol–water partition coefficient (Wildman–Crippen LogP) is 1.79. The molecule has 8 heteroatoms. The molecular formula is C14H17N3O4S. The second kappa shape index (κ2) is 5.90. The van der Waals surface area contributed by atoms with E-state index in [9.17, 15) is 13.2 Å². The van der Waals surface area contributed by atoms with Crippen LogP contribution in [0.4, 0.5) is 5.69 Å². The molecule has 0 saturated carbocycles. The van der Waals surface area contributed by atoms with Gasteiger partial charge in [0.25, 0.3) is 5.91 Å². The Hall–Kier alpha value is -2.19. The summed E-state index contributed by atoms with van der Waals surface area (Å²) in [5.41, 5.74) is 1.21. The maximum absolute atomic E-state index is 12.2. The number of hydrogen-bond acceptors (Lipinski definition) is 5. The van der Waals surface area contributed by atoms with Gasteiger partial charge in [0, 0.05) is 19.8 Å². The highest BCUT2D eigenvalue weighted by atomic mass is 32.2. The third-order valence-electron chi connectivity index (χ3n) is 3.13. The fourth-order valence-corrected chi connectivity index (χ4v) is 2.89. The molecule has 1 amide bonds. The lowest BCUT2D eigenvalue weighted by Crippen LogP contribution is -2.22. The summed E-state index contributed by atoms with van der Waals surface area (Å²) in [4.78, 5) is 12.3. The van der Waals surface area contributed by atoms with Crippen LogP contribution in [0, 0.1) is 13.8 Å². The summed E-state index contributed by atoms with van der Waals surface area (Å²) < 4.78 is 30.3. The molecule has 0 saturated heterocycles. The SMILES string of the molecule is Cc1noc(C)c1C(=O)Nc1cccc(S(=O)(=O)N(C)C)c1. The Morgan fingerprint density at radius 2 is 1.95 bits per heavy atom. The van der Waals surface area contributed by atoms with E-state index in [1.54, 1.807) is 26.0 Å². The molecule has 7 nitrogen and oxygen atoms in total. The molecule has 1 aromatic carbocycles. The predicted molar refractivity (Wildman–Crippen MR) is 81.2 cm³/mol. The first-order chi connectivity index (χ1) is 10.2. The third kappa shape index (κ3) is 3.02. The van der Waals surface area contributed by atoms with Crippen molar-refractivity contribution in [3.05, 3.63) is 41.3 Å². The van der Waals surface area contributed by atoms with E-state index in [-0.39, 0.29) is 4.90 Å². The number of carbonyl (C=O) groups is 1. The minimum Gasteiger partial charge on any atom is -0.361 e. The average Bonchev–Trinajstić information content (AvgIpc) is 2.78. The van der Waals surface area contributed by atoms with Crippen LogP contribution in [0.5, 0.6) is 0 Å². The summed E-state index contributed by atoms with van der Waals surface area (Å²) in [5.74, 6) is 0.0164. The van der Waals surface area contributed by atoms with E-state index in [4.69, 9.17) is 4.52 Å². The number of nitrogens with zero attached hydrogens (tertiary/aromatic N) is 2. The molecule has 0 atom stereocenters. The summed E-state index contributed by atoms with van der Waals surface area (Å²) in [7, 11) is -0.656. The molecule has 0 aliphatic rings. The zero-order chi connectivity index (χ0) is 16.5. The van der Waals surface area contributed by atoms with Gasteiger partial charge in [0.2, 0.25) is 10.0 Å². The summed E-state index contributed by atoms with van der Waals surface area (Å²) in [6.07, 6.45) is 0. The largest absolute Gasteiger partial charge is 0.361 e. The van der Waals surface area contributed by atoms with E-state index in [0.29, 0.717) is 22.7 Å². The molecule has 0 spiro atoms. The summed E-state index contributed by atoms with van der Waals surface area (Å²) in [6.45, 7) is 3.31. The number of carbonyl (C=O) groups excluding carboxylic acids is 1. The monoisotopic (exact) mass is 323 g/mol. The zero-order valence-electron chi connectivity index (χ0n) is 12.7. The van der Waals surface area contributed by atoms with Gasteiger partial charge >= 0.3 is 0 Å². The Balaban J connectivity index is 2.31. The molecule has 0 radical (unpaired) electrons. The number of anilines is 1. The van der Waals surface area contributed by atoms with Gasteiger partial charge in [-0.05, 0) is 32.0 Å². The standard InChI is InChI=1S/C14H17N3O4S/c1-9-13(10(2)21-16-9)14(18)15-11-6-5-7-12(8-11)22(19,20)17(3)4/h5-8H,1-4H3,(H,15,18). The summed E-state index contributed by atoms with van der Waals surface area (Å²) in [5, 5.41) is 6.38. The Kier molecular flexibility index (Phi) is 4.34. The van der Waals surface area contributed by atoms with E-state index in [0.717, 1.165) is 4.31 Å². The fraction of sp³-hybridized carbons (Fsp3) is 0.286. The highest BCUT2D eigenvalue weighted by molar-refractivity contribution is 7.89. The van der Waals surface area contributed by atoms with Gasteiger partial charge in [-0.25, -0.2) is 12.7 Å². The van der Waals surface area contributed by atoms with Crippen LogP contribution in [0.15, 0.2) is 33.7 Å². The van der Waals surface area contributed by atoms with Crippen molar-refractivity contribution < 1.29 is 17.7 Å². The van der Waals surface area contributed by atoms with E-state index >= 15 is 0 Å². The average molecular weight is 323 g/mol. The second-order valence-electron chi connectivity index (χ2n) is 4.97. The lowest BCUT2D eigenvalue weighted by atomic mass is 10.2. The van der Waals surface area contributed by atoms with Crippen LogP contribution in [0.2, 0.25) is 0 Å². The molecule has 0 aliphatic heterocycles. The summed E-state index contributed by atoms with van der Waals surface area (Å²) in [6, 6.07) is 6.07. The van der Waals surface area contributed by atoms with Crippen molar-refractivity contribution in [1.82, 2.24) is 9.46 Å². The Bertz CT molecular complexity index is 790. The normalized spacial score (nSPS) is 11.7. The second-order valence-corrected chi connectivity index (χ2v) is 7.12. The van der Waals surface area contributed by atoms with Crippen molar-refractivity contribution in [3.63, 3.8) is 0 Å². The van der Waals surface area contributed by atoms with Crippen LogP contribution >= 0.6 is 0 Å². The van der Waals surface area contributed by atoms with Crippen molar-refractivity contribution in [1.29, 1.82) is 0 Å². The van der Waals surface area contributed by atoms with Crippen molar-refractivity contribution in [2.24, 2.45) is 0 Å². The summed E-state index contributed by atoms with van der Waals surface area (Å²) >= 11 is 0. The van der Waals surface area contributed by atoms with Gasteiger partial charge in [-0.15, -0.1) is 0 Å². The van der Waals surface area contributed by atoms with Gasteiger partial charge < -0.3 is 9.84 Å². The molecule has 1 aromatic heterocycles. The third-order valence-corrected chi connectivity index (χ3v) is 4.94. The minimum atomic E-state index is -3.55. The molecule has 2 rings (SSSR count). The van der Waals surface area contributed by atoms with Crippen molar-refractivity contribution in [2.75, 3.05) is 19.4 Å². The first-order valence-corrected chi connectivity index (χ1v) is 7.94. The van der Waals surface area contributed by atoms with Gasteiger partial charge in [-0.3, -0.25) is 4.79 Å². The maximum Gasteiger partial charge on any atom is 0.261 e. The maximum atomic E-state index is 12.2. The number of hydrogen-bond donors (Lipinski definition) is 1. The van der Waals surface area contributed by atoms with Crippen LogP contribution in [0.3, 0.4) is 0 Å². The molecule has 0 bridgehead atoms. The molecule has 2 aromatic rings. The van der Waals surface area contributed by atoms with Crippen LogP contribution in [0.1, 0.15) is 21.8 Å². The van der Waals surface area contributed by atoms with Crippen LogP contribution in [-0.4, -0.2) is 37.9 Å². The van der Waals surface area contributed by atoms with Crippen LogP contribution < -0.4 is 5.32 Å². The number of aromatic nitrogens is 1. The quantitative estimate of drug-likeness (QED) is 0.926. The Morgan fingerprint density at radius 1 is 1.27 bits per heavy atom. The number of benzene rings is 1. The van der Waals surface area contributed by atoms with E-state index in [2.05, 4.69) is 10.5 Å². The molecule has 0 aliphatic carbocycles. The van der Waals surface area contributed by atoms with Crippen LogP contribution in [-0.2, 0) is 10.0 Å². The molecule has 0 fully saturated rings. The Morgan fingerprint density at radius 3 is 2.50 bits per heavy atom.